The van der Waals surface area contributed by atoms with Crippen LogP contribution in [0.2, 0.25) is 15.1 Å². The van der Waals surface area contributed by atoms with Crippen LogP contribution < -0.4 is 4.74 Å². The molecule has 3 heterocycles. The van der Waals surface area contributed by atoms with Crippen LogP contribution in [0, 0.1) is 6.92 Å². The van der Waals surface area contributed by atoms with E-state index in [9.17, 15) is 9.59 Å². The molecular weight excluding hydrogens is 665 g/mol. The van der Waals surface area contributed by atoms with Gasteiger partial charge in [-0.25, -0.2) is 14.6 Å². The zero-order valence-corrected chi connectivity index (χ0v) is 25.2. The summed E-state index contributed by atoms with van der Waals surface area (Å²) in [5.74, 6) is -0.938. The lowest BCUT2D eigenvalue weighted by Gasteiger charge is -2.08. The van der Waals surface area contributed by atoms with E-state index < -0.39 is 11.9 Å². The van der Waals surface area contributed by atoms with Crippen molar-refractivity contribution in [2.24, 2.45) is 4.99 Å². The average molecular weight is 678 g/mol. The SMILES string of the molecule is Cc1ccc2c(Cl)c(C(=O)Oc3ccc(Br)cc3/C=C3/N=C(c4sc5cc(Cl)ccc5c4Cl)OC3=O)sc2c1. The summed E-state index contributed by atoms with van der Waals surface area (Å²) in [6, 6.07) is 16.2. The predicted octanol–water partition coefficient (Wildman–Crippen LogP) is 9.71. The van der Waals surface area contributed by atoms with E-state index in [1.807, 2.05) is 25.1 Å². The number of rotatable bonds is 4. The predicted molar refractivity (Wildman–Crippen MR) is 163 cm³/mol. The van der Waals surface area contributed by atoms with E-state index in [0.717, 1.165) is 25.7 Å². The first-order valence-electron chi connectivity index (χ1n) is 11.3. The lowest BCUT2D eigenvalue weighted by Crippen LogP contribution is -2.08. The number of esters is 2. The summed E-state index contributed by atoms with van der Waals surface area (Å²) in [5, 5.41) is 2.91. The van der Waals surface area contributed by atoms with Gasteiger partial charge in [0.2, 0.25) is 5.90 Å². The molecule has 5 nitrogen and oxygen atoms in total. The van der Waals surface area contributed by atoms with Crippen molar-refractivity contribution in [3.63, 3.8) is 0 Å². The number of benzene rings is 3. The average Bonchev–Trinajstić information content (AvgIpc) is 3.53. The molecule has 0 saturated carbocycles. The number of hydrogen-bond donors (Lipinski definition) is 0. The monoisotopic (exact) mass is 675 g/mol. The molecule has 0 bridgehead atoms. The molecule has 0 fully saturated rings. The number of aryl methyl sites for hydroxylation is 1. The Labute approximate surface area is 253 Å². The lowest BCUT2D eigenvalue weighted by atomic mass is 10.1. The topological polar surface area (TPSA) is 65.0 Å². The van der Waals surface area contributed by atoms with Gasteiger partial charge in [-0.15, -0.1) is 22.7 Å². The first kappa shape index (κ1) is 26.5. The molecule has 39 heavy (non-hydrogen) atoms. The Balaban J connectivity index is 1.35. The summed E-state index contributed by atoms with van der Waals surface area (Å²) in [4.78, 5) is 31.1. The molecule has 5 aromatic rings. The maximum Gasteiger partial charge on any atom is 0.363 e. The fraction of sp³-hybridized carbons (Fsp3) is 0.0357. The number of cyclic esters (lactones) is 1. The van der Waals surface area contributed by atoms with Crippen LogP contribution in [0.1, 0.15) is 25.7 Å². The normalized spacial score (nSPS) is 14.3. The molecule has 0 amide bonds. The Morgan fingerprint density at radius 2 is 1.72 bits per heavy atom. The number of halogens is 4. The summed E-state index contributed by atoms with van der Waals surface area (Å²) in [7, 11) is 0. The maximum atomic E-state index is 13.1. The zero-order valence-electron chi connectivity index (χ0n) is 19.7. The summed E-state index contributed by atoms with van der Waals surface area (Å²) in [5.41, 5.74) is 1.53. The van der Waals surface area contributed by atoms with Crippen molar-refractivity contribution in [2.75, 3.05) is 0 Å². The molecule has 2 aromatic heterocycles. The minimum absolute atomic E-state index is 0.0299. The van der Waals surface area contributed by atoms with Crippen LogP contribution in [0.4, 0.5) is 0 Å². The first-order chi connectivity index (χ1) is 18.7. The summed E-state index contributed by atoms with van der Waals surface area (Å²) in [6.45, 7) is 1.97. The third-order valence-electron chi connectivity index (χ3n) is 5.84. The van der Waals surface area contributed by atoms with Crippen molar-refractivity contribution >= 4 is 117 Å². The van der Waals surface area contributed by atoms with Gasteiger partial charge in [0.15, 0.2) is 5.70 Å². The molecule has 1 aliphatic rings. The van der Waals surface area contributed by atoms with Crippen LogP contribution in [0.25, 0.3) is 26.2 Å². The Hall–Kier alpha value is -2.72. The van der Waals surface area contributed by atoms with Crippen molar-refractivity contribution < 1.29 is 19.1 Å². The molecule has 3 aromatic carbocycles. The summed E-state index contributed by atoms with van der Waals surface area (Å²) in [6.07, 6.45) is 1.50. The van der Waals surface area contributed by atoms with Gasteiger partial charge < -0.3 is 9.47 Å². The van der Waals surface area contributed by atoms with Crippen LogP contribution in [-0.4, -0.2) is 17.8 Å². The number of fused-ring (bicyclic) bond motifs is 2. The van der Waals surface area contributed by atoms with Gasteiger partial charge in [0.1, 0.15) is 15.5 Å². The molecule has 0 radical (unpaired) electrons. The smallest absolute Gasteiger partial charge is 0.363 e. The first-order valence-corrected chi connectivity index (χ1v) is 14.8. The largest absolute Gasteiger partial charge is 0.422 e. The van der Waals surface area contributed by atoms with Crippen molar-refractivity contribution in [2.45, 2.75) is 6.92 Å². The number of ether oxygens (including phenoxy) is 2. The van der Waals surface area contributed by atoms with Crippen LogP contribution in [-0.2, 0) is 9.53 Å². The third kappa shape index (κ3) is 5.01. The molecule has 0 unspecified atom stereocenters. The molecule has 1 aliphatic heterocycles. The number of carbonyl (C=O) groups excluding carboxylic acids is 2. The van der Waals surface area contributed by atoms with Crippen molar-refractivity contribution in [3.05, 3.63) is 101 Å². The minimum Gasteiger partial charge on any atom is -0.422 e. The Morgan fingerprint density at radius 1 is 0.974 bits per heavy atom. The van der Waals surface area contributed by atoms with Gasteiger partial charge in [0.05, 0.1) is 10.0 Å². The second-order valence-corrected chi connectivity index (χ2v) is 12.8. The quantitative estimate of drug-likeness (QED) is 0.108. The van der Waals surface area contributed by atoms with E-state index >= 15 is 0 Å². The van der Waals surface area contributed by atoms with E-state index in [-0.39, 0.29) is 17.3 Å². The van der Waals surface area contributed by atoms with Crippen molar-refractivity contribution in [1.82, 2.24) is 0 Å². The van der Waals surface area contributed by atoms with E-state index in [1.165, 1.54) is 28.7 Å². The van der Waals surface area contributed by atoms with Crippen LogP contribution in [0.3, 0.4) is 0 Å². The summed E-state index contributed by atoms with van der Waals surface area (Å²) >= 11 is 25.2. The zero-order chi connectivity index (χ0) is 27.4. The van der Waals surface area contributed by atoms with E-state index in [1.54, 1.807) is 36.4 Å². The second-order valence-electron chi connectivity index (χ2n) is 8.54. The summed E-state index contributed by atoms with van der Waals surface area (Å²) < 4.78 is 13.6. The molecule has 194 valence electrons. The van der Waals surface area contributed by atoms with Gasteiger partial charge in [0.25, 0.3) is 0 Å². The van der Waals surface area contributed by atoms with Crippen LogP contribution >= 0.6 is 73.4 Å². The molecule has 0 atom stereocenters. The van der Waals surface area contributed by atoms with E-state index in [4.69, 9.17) is 44.3 Å². The third-order valence-corrected chi connectivity index (χ3v) is 9.85. The minimum atomic E-state index is -0.656. The van der Waals surface area contributed by atoms with Crippen LogP contribution in [0.5, 0.6) is 5.75 Å². The van der Waals surface area contributed by atoms with Gasteiger partial charge in [0, 0.05) is 35.2 Å². The number of nitrogens with zero attached hydrogens (tertiary/aromatic N) is 1. The van der Waals surface area contributed by atoms with Gasteiger partial charge in [-0.2, -0.15) is 0 Å². The van der Waals surface area contributed by atoms with Gasteiger partial charge in [-0.05, 0) is 55.0 Å². The second kappa shape index (κ2) is 10.4. The highest BCUT2D eigenvalue weighted by atomic mass is 79.9. The molecular formula is C28H13BrCl3NO4S2. The van der Waals surface area contributed by atoms with Crippen LogP contribution in [0.15, 0.2) is 69.8 Å². The highest BCUT2D eigenvalue weighted by molar-refractivity contribution is 9.10. The Bertz CT molecular complexity index is 1930. The maximum absolute atomic E-state index is 13.1. The molecule has 0 spiro atoms. The van der Waals surface area contributed by atoms with Crippen molar-refractivity contribution in [1.29, 1.82) is 0 Å². The number of aliphatic imine (C=N–C) groups is 1. The molecule has 0 saturated heterocycles. The molecule has 0 N–H and O–H groups in total. The van der Waals surface area contributed by atoms with Crippen molar-refractivity contribution in [3.8, 4) is 5.75 Å². The number of hydrogen-bond acceptors (Lipinski definition) is 7. The molecule has 11 heteroatoms. The Morgan fingerprint density at radius 3 is 2.54 bits per heavy atom. The lowest BCUT2D eigenvalue weighted by molar-refractivity contribution is -0.129. The number of thiophene rings is 2. The van der Waals surface area contributed by atoms with Gasteiger partial charge in [-0.1, -0.05) is 68.9 Å². The van der Waals surface area contributed by atoms with Gasteiger partial charge >= 0.3 is 11.9 Å². The van der Waals surface area contributed by atoms with E-state index in [0.29, 0.717) is 34.9 Å². The highest BCUT2D eigenvalue weighted by Gasteiger charge is 2.29. The van der Waals surface area contributed by atoms with Gasteiger partial charge in [-0.3, -0.25) is 0 Å². The fourth-order valence-corrected chi connectivity index (χ4v) is 7.58. The number of carbonyl (C=O) groups is 2. The molecule has 6 rings (SSSR count). The van der Waals surface area contributed by atoms with E-state index in [2.05, 4.69) is 20.9 Å². The highest BCUT2D eigenvalue weighted by Crippen LogP contribution is 2.40. The Kier molecular flexibility index (Phi) is 7.03. The molecule has 0 aliphatic carbocycles. The standard InChI is InChI=1S/C28H13BrCl3NO4S2/c1-12-2-5-16-20(8-12)39-25(23(16)32)28(35)36-19-7-3-14(29)9-13(19)10-18-27(34)37-26(33-18)24-22(31)17-6-4-15(30)11-21(17)38-24/h2-11H,1H3/b18-10+. The fourth-order valence-electron chi connectivity index (χ4n) is 4.01.